The van der Waals surface area contributed by atoms with E-state index in [4.69, 9.17) is 34.8 Å². The minimum Gasteiger partial charge on any atom is -0.355 e. The molecule has 0 radical (unpaired) electrons. The fourth-order valence-electron chi connectivity index (χ4n) is 3.83. The van der Waals surface area contributed by atoms with Crippen molar-refractivity contribution in [2.45, 2.75) is 30.8 Å². The van der Waals surface area contributed by atoms with Gasteiger partial charge in [-0.25, -0.2) is 8.42 Å². The molecule has 3 aromatic carbocycles. The first-order valence-corrected chi connectivity index (χ1v) is 14.4. The summed E-state index contributed by atoms with van der Waals surface area (Å²) in [4.78, 5) is 28.4. The monoisotopic (exact) mass is 595 g/mol. The number of hydrogen-bond acceptors (Lipinski definition) is 4. The highest BCUT2D eigenvalue weighted by atomic mass is 35.5. The van der Waals surface area contributed by atoms with Gasteiger partial charge in [-0.3, -0.25) is 9.59 Å². The molecule has 0 aliphatic rings. The van der Waals surface area contributed by atoms with Gasteiger partial charge in [-0.1, -0.05) is 71.2 Å². The molecule has 3 aromatic rings. The van der Waals surface area contributed by atoms with Crippen molar-refractivity contribution >= 4 is 56.6 Å². The van der Waals surface area contributed by atoms with Crippen LogP contribution in [0.15, 0.2) is 77.7 Å². The average molecular weight is 597 g/mol. The maximum Gasteiger partial charge on any atom is 0.243 e. The molecule has 1 atom stereocenters. The zero-order chi connectivity index (χ0) is 27.9. The molecule has 0 fully saturated rings. The van der Waals surface area contributed by atoms with Gasteiger partial charge < -0.3 is 10.2 Å². The second kappa shape index (κ2) is 13.4. The first-order chi connectivity index (χ1) is 18.0. The van der Waals surface area contributed by atoms with E-state index in [2.05, 4.69) is 5.32 Å². The summed E-state index contributed by atoms with van der Waals surface area (Å²) in [6.07, 6.45) is 0.230. The second-order valence-electron chi connectivity index (χ2n) is 8.59. The normalized spacial score (nSPS) is 12.3. The Morgan fingerprint density at radius 3 is 2.16 bits per heavy atom. The Labute approximate surface area is 238 Å². The van der Waals surface area contributed by atoms with Gasteiger partial charge >= 0.3 is 0 Å². The van der Waals surface area contributed by atoms with E-state index in [1.165, 1.54) is 36.2 Å². The third kappa shape index (κ3) is 7.71. The van der Waals surface area contributed by atoms with Crippen LogP contribution < -0.4 is 5.32 Å². The summed E-state index contributed by atoms with van der Waals surface area (Å²) in [6.45, 7) is 1.68. The van der Waals surface area contributed by atoms with Gasteiger partial charge in [-0.15, -0.1) is 0 Å². The molecule has 202 valence electrons. The van der Waals surface area contributed by atoms with Crippen LogP contribution in [0.3, 0.4) is 0 Å². The van der Waals surface area contributed by atoms with Crippen molar-refractivity contribution in [2.75, 3.05) is 20.1 Å². The lowest BCUT2D eigenvalue weighted by Gasteiger charge is -2.32. The number of nitrogens with zero attached hydrogens (tertiary/aromatic N) is 2. The number of rotatable bonds is 11. The standard InChI is InChI=1S/C27H28Cl3N3O4S/c1-3-31-27(35)25(16-19-7-5-4-6-8-19)33(17-20-9-14-23(29)24(30)15-20)26(34)18-32(2)38(36,37)22-12-10-21(28)11-13-22/h4-15,25H,3,16-18H2,1-2H3,(H,31,35)/t25-/m1/s1. The number of benzene rings is 3. The number of nitrogens with one attached hydrogen (secondary N) is 1. The van der Waals surface area contributed by atoms with Gasteiger partial charge in [0.15, 0.2) is 0 Å². The number of likely N-dealkylation sites (N-methyl/N-ethyl adjacent to an activating group) is 2. The van der Waals surface area contributed by atoms with Gasteiger partial charge in [0.1, 0.15) is 6.04 Å². The summed E-state index contributed by atoms with van der Waals surface area (Å²) in [6, 6.07) is 19.0. The largest absolute Gasteiger partial charge is 0.355 e. The number of amides is 2. The maximum absolute atomic E-state index is 13.7. The SMILES string of the molecule is CCNC(=O)[C@@H](Cc1ccccc1)N(Cc1ccc(Cl)c(Cl)c1)C(=O)CN(C)S(=O)(=O)c1ccc(Cl)cc1. The highest BCUT2D eigenvalue weighted by Gasteiger charge is 2.33. The molecule has 0 aliphatic heterocycles. The third-order valence-electron chi connectivity index (χ3n) is 5.84. The van der Waals surface area contributed by atoms with Gasteiger partial charge in [-0.2, -0.15) is 4.31 Å². The average Bonchev–Trinajstić information content (AvgIpc) is 2.89. The summed E-state index contributed by atoms with van der Waals surface area (Å²) in [5.74, 6) is -0.906. The van der Waals surface area contributed by atoms with Gasteiger partial charge in [0.2, 0.25) is 21.8 Å². The molecule has 1 N–H and O–H groups in total. The Balaban J connectivity index is 1.97. The first kappa shape index (κ1) is 29.9. The van der Waals surface area contributed by atoms with E-state index in [1.807, 2.05) is 30.3 Å². The number of hydrogen-bond donors (Lipinski definition) is 1. The minimum atomic E-state index is -4.00. The van der Waals surface area contributed by atoms with Gasteiger partial charge in [-0.05, 0) is 54.4 Å². The van der Waals surface area contributed by atoms with Crippen LogP contribution in [-0.4, -0.2) is 55.6 Å². The van der Waals surface area contributed by atoms with E-state index in [-0.39, 0.29) is 23.8 Å². The van der Waals surface area contributed by atoms with E-state index in [0.29, 0.717) is 27.2 Å². The molecule has 0 saturated heterocycles. The van der Waals surface area contributed by atoms with E-state index >= 15 is 0 Å². The lowest BCUT2D eigenvalue weighted by molar-refractivity contribution is -0.141. The van der Waals surface area contributed by atoms with Crippen LogP contribution >= 0.6 is 34.8 Å². The molecule has 0 saturated carbocycles. The van der Waals surface area contributed by atoms with Crippen LogP contribution in [0.4, 0.5) is 0 Å². The zero-order valence-corrected chi connectivity index (χ0v) is 24.0. The van der Waals surface area contributed by atoms with Crippen molar-refractivity contribution < 1.29 is 18.0 Å². The van der Waals surface area contributed by atoms with Crippen LogP contribution in [0, 0.1) is 0 Å². The summed E-state index contributed by atoms with van der Waals surface area (Å²) in [5, 5.41) is 3.84. The van der Waals surface area contributed by atoms with Crippen molar-refractivity contribution in [2.24, 2.45) is 0 Å². The highest BCUT2D eigenvalue weighted by molar-refractivity contribution is 7.89. The Morgan fingerprint density at radius 1 is 0.895 bits per heavy atom. The van der Waals surface area contributed by atoms with Gasteiger partial charge in [0.05, 0.1) is 21.5 Å². The van der Waals surface area contributed by atoms with E-state index < -0.39 is 28.5 Å². The van der Waals surface area contributed by atoms with Crippen LogP contribution in [0.2, 0.25) is 15.1 Å². The summed E-state index contributed by atoms with van der Waals surface area (Å²) in [7, 11) is -2.68. The fraction of sp³-hybridized carbons (Fsp3) is 0.259. The molecule has 7 nitrogen and oxygen atoms in total. The van der Waals surface area contributed by atoms with Crippen molar-refractivity contribution in [3.63, 3.8) is 0 Å². The highest BCUT2D eigenvalue weighted by Crippen LogP contribution is 2.25. The van der Waals surface area contributed by atoms with Gasteiger partial charge in [0, 0.05) is 31.6 Å². The van der Waals surface area contributed by atoms with Crippen molar-refractivity contribution in [1.82, 2.24) is 14.5 Å². The molecular formula is C27H28Cl3N3O4S. The van der Waals surface area contributed by atoms with Gasteiger partial charge in [0.25, 0.3) is 0 Å². The van der Waals surface area contributed by atoms with Crippen molar-refractivity contribution in [1.29, 1.82) is 0 Å². The smallest absolute Gasteiger partial charge is 0.243 e. The molecule has 0 aromatic heterocycles. The molecule has 0 spiro atoms. The summed E-state index contributed by atoms with van der Waals surface area (Å²) < 4.78 is 27.2. The van der Waals surface area contributed by atoms with E-state index in [9.17, 15) is 18.0 Å². The fourth-order valence-corrected chi connectivity index (χ4v) is 5.40. The molecule has 2 amide bonds. The number of halogens is 3. The number of sulfonamides is 1. The predicted octanol–water partition coefficient (Wildman–Crippen LogP) is 5.04. The van der Waals surface area contributed by atoms with Crippen molar-refractivity contribution in [3.05, 3.63) is 99.0 Å². The van der Waals surface area contributed by atoms with Crippen LogP contribution in [0.25, 0.3) is 0 Å². The van der Waals surface area contributed by atoms with E-state index in [1.54, 1.807) is 25.1 Å². The Hall–Kier alpha value is -2.62. The van der Waals surface area contributed by atoms with E-state index in [0.717, 1.165) is 9.87 Å². The lowest BCUT2D eigenvalue weighted by atomic mass is 10.0. The molecule has 3 rings (SSSR count). The lowest BCUT2D eigenvalue weighted by Crippen LogP contribution is -2.53. The molecule has 0 bridgehead atoms. The molecular weight excluding hydrogens is 569 g/mol. The first-order valence-electron chi connectivity index (χ1n) is 11.8. The Bertz CT molecular complexity index is 1370. The topological polar surface area (TPSA) is 86.8 Å². The molecule has 0 aliphatic carbocycles. The summed E-state index contributed by atoms with van der Waals surface area (Å²) in [5.41, 5.74) is 1.48. The molecule has 0 unspecified atom stereocenters. The Morgan fingerprint density at radius 2 is 1.55 bits per heavy atom. The second-order valence-corrected chi connectivity index (χ2v) is 11.9. The quantitative estimate of drug-likeness (QED) is 0.336. The van der Waals surface area contributed by atoms with Crippen LogP contribution in [0.5, 0.6) is 0 Å². The number of carbonyl (C=O) groups excluding carboxylic acids is 2. The molecule has 11 heteroatoms. The Kier molecular flexibility index (Phi) is 10.6. The minimum absolute atomic E-state index is 0.00204. The zero-order valence-electron chi connectivity index (χ0n) is 20.9. The van der Waals surface area contributed by atoms with Crippen molar-refractivity contribution in [3.8, 4) is 0 Å². The predicted molar refractivity (Wildman–Crippen MR) is 151 cm³/mol. The maximum atomic E-state index is 13.7. The molecule has 0 heterocycles. The van der Waals surface area contributed by atoms with Crippen LogP contribution in [0.1, 0.15) is 18.1 Å². The number of carbonyl (C=O) groups is 2. The van der Waals surface area contributed by atoms with Crippen LogP contribution in [-0.2, 0) is 32.6 Å². The third-order valence-corrected chi connectivity index (χ3v) is 8.65. The molecule has 38 heavy (non-hydrogen) atoms. The summed E-state index contributed by atoms with van der Waals surface area (Å²) >= 11 is 18.2.